The quantitative estimate of drug-likeness (QED) is 0.795. The van der Waals surface area contributed by atoms with Gasteiger partial charge >= 0.3 is 0 Å². The lowest BCUT2D eigenvalue weighted by Gasteiger charge is -2.48. The van der Waals surface area contributed by atoms with E-state index < -0.39 is 0 Å². The van der Waals surface area contributed by atoms with Gasteiger partial charge in [-0.1, -0.05) is 12.1 Å². The second-order valence-corrected chi connectivity index (χ2v) is 5.59. The van der Waals surface area contributed by atoms with Crippen LogP contribution >= 0.6 is 0 Å². The Morgan fingerprint density at radius 2 is 1.83 bits per heavy atom. The van der Waals surface area contributed by atoms with Gasteiger partial charge in [-0.05, 0) is 26.0 Å². The zero-order valence-electron chi connectivity index (χ0n) is 11.1. The van der Waals surface area contributed by atoms with Crippen molar-refractivity contribution < 1.29 is 4.74 Å². The Balaban J connectivity index is 1.86. The molecular weight excluding hydrogens is 226 g/mol. The van der Waals surface area contributed by atoms with Crippen LogP contribution in [0.4, 0.5) is 11.4 Å². The lowest BCUT2D eigenvalue weighted by Crippen LogP contribution is -2.62. The van der Waals surface area contributed by atoms with Gasteiger partial charge in [0.05, 0.1) is 30.1 Å². The topological polar surface area (TPSA) is 36.5 Å². The monoisotopic (exact) mass is 247 g/mol. The maximum atomic E-state index is 5.44. The van der Waals surface area contributed by atoms with Gasteiger partial charge in [0, 0.05) is 13.1 Å². The number of nitrogens with zero attached hydrogens (tertiary/aromatic N) is 1. The van der Waals surface area contributed by atoms with E-state index in [4.69, 9.17) is 4.74 Å². The Bertz CT molecular complexity index is 427. The van der Waals surface area contributed by atoms with Gasteiger partial charge in [0.1, 0.15) is 6.17 Å². The van der Waals surface area contributed by atoms with Crippen LogP contribution in [0, 0.1) is 0 Å². The first-order valence-electron chi connectivity index (χ1n) is 6.62. The fourth-order valence-corrected chi connectivity index (χ4v) is 2.84. The van der Waals surface area contributed by atoms with Crippen molar-refractivity contribution in [3.8, 4) is 0 Å². The van der Waals surface area contributed by atoms with Gasteiger partial charge in [-0.25, -0.2) is 0 Å². The third-order valence-electron chi connectivity index (χ3n) is 3.77. The molecule has 1 saturated heterocycles. The van der Waals surface area contributed by atoms with Crippen molar-refractivity contribution >= 4 is 11.4 Å². The van der Waals surface area contributed by atoms with Gasteiger partial charge in [-0.2, -0.15) is 0 Å². The van der Waals surface area contributed by atoms with Crippen molar-refractivity contribution in [3.63, 3.8) is 0 Å². The highest BCUT2D eigenvalue weighted by Crippen LogP contribution is 2.34. The number of nitrogens with one attached hydrogen (secondary N) is 2. The van der Waals surface area contributed by atoms with Crippen molar-refractivity contribution in [2.75, 3.05) is 36.9 Å². The van der Waals surface area contributed by atoms with E-state index in [9.17, 15) is 0 Å². The van der Waals surface area contributed by atoms with Crippen molar-refractivity contribution in [2.45, 2.75) is 25.6 Å². The standard InChI is InChI=1S/C14H21N3O/c1-14(2)13(17-7-9-18-10-8-17)15-11-5-3-4-6-12(11)16-14/h3-6,13,15-16H,7-10H2,1-2H3. The Morgan fingerprint density at radius 1 is 1.17 bits per heavy atom. The average Bonchev–Trinajstić information content (AvgIpc) is 2.38. The van der Waals surface area contributed by atoms with Crippen LogP contribution in [-0.2, 0) is 4.74 Å². The summed E-state index contributed by atoms with van der Waals surface area (Å²) < 4.78 is 5.44. The normalized spacial score (nSPS) is 26.9. The van der Waals surface area contributed by atoms with Gasteiger partial charge in [0.2, 0.25) is 0 Å². The number of ether oxygens (including phenoxy) is 1. The van der Waals surface area contributed by atoms with E-state index in [1.54, 1.807) is 0 Å². The Hall–Kier alpha value is -1.26. The first-order chi connectivity index (χ1) is 8.67. The van der Waals surface area contributed by atoms with Crippen LogP contribution in [0.25, 0.3) is 0 Å². The number of para-hydroxylation sites is 2. The molecule has 0 aliphatic carbocycles. The predicted molar refractivity (Wildman–Crippen MR) is 73.9 cm³/mol. The summed E-state index contributed by atoms with van der Waals surface area (Å²) in [6.07, 6.45) is 0.302. The van der Waals surface area contributed by atoms with Crippen LogP contribution in [0.5, 0.6) is 0 Å². The van der Waals surface area contributed by atoms with E-state index in [1.807, 2.05) is 0 Å². The second kappa shape index (κ2) is 4.44. The van der Waals surface area contributed by atoms with E-state index in [-0.39, 0.29) is 5.54 Å². The molecule has 1 unspecified atom stereocenters. The highest BCUT2D eigenvalue weighted by molar-refractivity contribution is 5.72. The molecule has 0 aromatic heterocycles. The minimum absolute atomic E-state index is 0.00565. The molecule has 2 heterocycles. The summed E-state index contributed by atoms with van der Waals surface area (Å²) in [5.74, 6) is 0. The third-order valence-corrected chi connectivity index (χ3v) is 3.77. The van der Waals surface area contributed by atoms with Crippen LogP contribution in [0.1, 0.15) is 13.8 Å². The number of morpholine rings is 1. The van der Waals surface area contributed by atoms with Crippen LogP contribution < -0.4 is 10.6 Å². The smallest absolute Gasteiger partial charge is 0.103 e. The molecule has 4 heteroatoms. The second-order valence-electron chi connectivity index (χ2n) is 5.59. The molecule has 4 nitrogen and oxygen atoms in total. The molecule has 98 valence electrons. The van der Waals surface area contributed by atoms with Gasteiger partial charge in [0.25, 0.3) is 0 Å². The summed E-state index contributed by atoms with van der Waals surface area (Å²) in [5, 5.41) is 7.30. The molecule has 1 aromatic rings. The van der Waals surface area contributed by atoms with Crippen LogP contribution in [0.15, 0.2) is 24.3 Å². The maximum Gasteiger partial charge on any atom is 0.103 e. The summed E-state index contributed by atoms with van der Waals surface area (Å²) >= 11 is 0. The van der Waals surface area contributed by atoms with Crippen LogP contribution in [0.2, 0.25) is 0 Å². The largest absolute Gasteiger partial charge is 0.379 e. The fraction of sp³-hybridized carbons (Fsp3) is 0.571. The van der Waals surface area contributed by atoms with Gasteiger partial charge in [0.15, 0.2) is 0 Å². The zero-order chi connectivity index (χ0) is 12.6. The molecule has 0 spiro atoms. The lowest BCUT2D eigenvalue weighted by molar-refractivity contribution is 0.0106. The lowest BCUT2D eigenvalue weighted by atomic mass is 9.95. The molecule has 18 heavy (non-hydrogen) atoms. The van der Waals surface area contributed by atoms with E-state index in [0.717, 1.165) is 26.3 Å². The molecule has 1 aromatic carbocycles. The van der Waals surface area contributed by atoms with E-state index in [2.05, 4.69) is 53.6 Å². The first-order valence-corrected chi connectivity index (χ1v) is 6.62. The number of hydrogen-bond acceptors (Lipinski definition) is 4. The summed E-state index contributed by atoms with van der Waals surface area (Å²) in [6.45, 7) is 8.13. The number of hydrogen-bond donors (Lipinski definition) is 2. The highest BCUT2D eigenvalue weighted by atomic mass is 16.5. The van der Waals surface area contributed by atoms with Gasteiger partial charge in [-0.3, -0.25) is 4.90 Å². The molecule has 1 fully saturated rings. The average molecular weight is 247 g/mol. The maximum absolute atomic E-state index is 5.44. The van der Waals surface area contributed by atoms with Crippen molar-refractivity contribution in [1.82, 2.24) is 4.90 Å². The molecule has 0 radical (unpaired) electrons. The SMILES string of the molecule is CC1(C)Nc2ccccc2NC1N1CCOCC1. The summed E-state index contributed by atoms with van der Waals surface area (Å²) in [7, 11) is 0. The summed E-state index contributed by atoms with van der Waals surface area (Å²) in [6, 6.07) is 8.39. The van der Waals surface area contributed by atoms with Crippen LogP contribution in [-0.4, -0.2) is 42.9 Å². The number of fused-ring (bicyclic) bond motifs is 1. The molecule has 0 amide bonds. The third kappa shape index (κ3) is 2.06. The predicted octanol–water partition coefficient (Wildman–Crippen LogP) is 1.96. The molecular formula is C14H21N3O. The number of anilines is 2. The van der Waals surface area contributed by atoms with Gasteiger partial charge < -0.3 is 15.4 Å². The molecule has 3 rings (SSSR count). The van der Waals surface area contributed by atoms with Crippen molar-refractivity contribution in [1.29, 1.82) is 0 Å². The van der Waals surface area contributed by atoms with Gasteiger partial charge in [-0.15, -0.1) is 0 Å². The highest BCUT2D eigenvalue weighted by Gasteiger charge is 2.38. The molecule has 0 saturated carbocycles. The fourth-order valence-electron chi connectivity index (χ4n) is 2.84. The molecule has 0 bridgehead atoms. The first kappa shape index (κ1) is 11.8. The summed E-state index contributed by atoms with van der Waals surface area (Å²) in [4.78, 5) is 2.46. The van der Waals surface area contributed by atoms with Crippen molar-refractivity contribution in [3.05, 3.63) is 24.3 Å². The van der Waals surface area contributed by atoms with Crippen molar-refractivity contribution in [2.24, 2.45) is 0 Å². The van der Waals surface area contributed by atoms with E-state index >= 15 is 0 Å². The Labute approximate surface area is 108 Å². The Morgan fingerprint density at radius 3 is 2.56 bits per heavy atom. The summed E-state index contributed by atoms with van der Waals surface area (Å²) in [5.41, 5.74) is 2.38. The van der Waals surface area contributed by atoms with E-state index in [0.29, 0.717) is 6.17 Å². The molecule has 2 aliphatic rings. The molecule has 1 atom stereocenters. The Kier molecular flexibility index (Phi) is 2.92. The molecule has 2 N–H and O–H groups in total. The molecule has 2 aliphatic heterocycles. The minimum atomic E-state index is 0.00565. The number of rotatable bonds is 1. The number of benzene rings is 1. The zero-order valence-corrected chi connectivity index (χ0v) is 11.1. The minimum Gasteiger partial charge on any atom is -0.379 e. The van der Waals surface area contributed by atoms with Crippen LogP contribution in [0.3, 0.4) is 0 Å². The van der Waals surface area contributed by atoms with E-state index in [1.165, 1.54) is 11.4 Å².